The number of aryl methyl sites for hydroxylation is 1. The van der Waals surface area contributed by atoms with Crippen LogP contribution in [0.3, 0.4) is 0 Å². The number of fused-ring (bicyclic) bond motifs is 1. The zero-order valence-electron chi connectivity index (χ0n) is 14.1. The van der Waals surface area contributed by atoms with E-state index in [0.717, 1.165) is 28.1 Å². The van der Waals surface area contributed by atoms with Gasteiger partial charge in [-0.15, -0.1) is 0 Å². The van der Waals surface area contributed by atoms with Gasteiger partial charge in [0.2, 0.25) is 0 Å². The minimum Gasteiger partial charge on any atom is -0.380 e. The first-order valence-corrected chi connectivity index (χ1v) is 8.35. The van der Waals surface area contributed by atoms with E-state index in [4.69, 9.17) is 0 Å². The third-order valence-electron chi connectivity index (χ3n) is 4.52. The van der Waals surface area contributed by atoms with Crippen LogP contribution in [0.1, 0.15) is 27.0 Å². The molecule has 0 saturated carbocycles. The van der Waals surface area contributed by atoms with Gasteiger partial charge < -0.3 is 10.2 Å². The lowest BCUT2D eigenvalue weighted by Gasteiger charge is -2.16. The van der Waals surface area contributed by atoms with E-state index in [0.29, 0.717) is 13.1 Å². The largest absolute Gasteiger partial charge is 0.380 e. The molecule has 1 aromatic heterocycles. The molecule has 4 nitrogen and oxygen atoms in total. The predicted molar refractivity (Wildman–Crippen MR) is 99.7 cm³/mol. The van der Waals surface area contributed by atoms with Gasteiger partial charge >= 0.3 is 0 Å². The molecule has 0 bridgehead atoms. The molecule has 1 aliphatic heterocycles. The number of nitrogens with zero attached hydrogens (tertiary/aromatic N) is 2. The monoisotopic (exact) mass is 329 g/mol. The van der Waals surface area contributed by atoms with Gasteiger partial charge in [0, 0.05) is 30.3 Å². The van der Waals surface area contributed by atoms with Gasteiger partial charge in [-0.2, -0.15) is 0 Å². The average Bonchev–Trinajstić information content (AvgIpc) is 2.99. The molecule has 0 saturated heterocycles. The molecular formula is C21H19N3O. The van der Waals surface area contributed by atoms with Gasteiger partial charge in [0.15, 0.2) is 0 Å². The van der Waals surface area contributed by atoms with Crippen molar-refractivity contribution >= 4 is 17.3 Å². The van der Waals surface area contributed by atoms with E-state index in [1.54, 1.807) is 12.4 Å². The van der Waals surface area contributed by atoms with Gasteiger partial charge in [-0.25, -0.2) is 0 Å². The molecule has 1 N–H and O–H groups in total. The van der Waals surface area contributed by atoms with Crippen molar-refractivity contribution in [2.24, 2.45) is 0 Å². The number of anilines is 2. The Labute approximate surface area is 147 Å². The standard InChI is InChI=1S/C21H19N3O/c1-15-5-7-18(8-6-15)24-14-17-3-2-4-19(20(17)21(24)25)23-13-16-9-11-22-12-10-16/h2-12,23H,13-14H2,1H3. The molecule has 3 aromatic rings. The van der Waals surface area contributed by atoms with Gasteiger partial charge in [-0.05, 0) is 48.4 Å². The van der Waals surface area contributed by atoms with Gasteiger partial charge in [-0.1, -0.05) is 29.8 Å². The number of nitrogens with one attached hydrogen (secondary N) is 1. The molecule has 2 heterocycles. The Hall–Kier alpha value is -3.14. The van der Waals surface area contributed by atoms with E-state index in [1.165, 1.54) is 5.56 Å². The summed E-state index contributed by atoms with van der Waals surface area (Å²) in [4.78, 5) is 18.9. The Kier molecular flexibility index (Phi) is 3.94. The SMILES string of the molecule is Cc1ccc(N2Cc3cccc(NCc4ccncc4)c3C2=O)cc1. The van der Waals surface area contributed by atoms with Gasteiger partial charge in [0.05, 0.1) is 12.1 Å². The fraction of sp³-hybridized carbons (Fsp3) is 0.143. The maximum Gasteiger partial charge on any atom is 0.261 e. The number of pyridine rings is 1. The first kappa shape index (κ1) is 15.4. The fourth-order valence-corrected chi connectivity index (χ4v) is 3.14. The van der Waals surface area contributed by atoms with Crippen LogP contribution in [-0.4, -0.2) is 10.9 Å². The van der Waals surface area contributed by atoms with E-state index in [-0.39, 0.29) is 5.91 Å². The smallest absolute Gasteiger partial charge is 0.261 e. The van der Waals surface area contributed by atoms with Crippen molar-refractivity contribution in [3.8, 4) is 0 Å². The Morgan fingerprint density at radius 1 is 1.04 bits per heavy atom. The molecule has 0 unspecified atom stereocenters. The van der Waals surface area contributed by atoms with Gasteiger partial charge in [0.1, 0.15) is 0 Å². The van der Waals surface area contributed by atoms with E-state index in [9.17, 15) is 4.79 Å². The lowest BCUT2D eigenvalue weighted by atomic mass is 10.1. The molecule has 1 amide bonds. The van der Waals surface area contributed by atoms with Crippen LogP contribution in [0.2, 0.25) is 0 Å². The lowest BCUT2D eigenvalue weighted by molar-refractivity contribution is 0.0997. The van der Waals surface area contributed by atoms with Crippen LogP contribution in [0.15, 0.2) is 67.0 Å². The van der Waals surface area contributed by atoms with E-state index in [2.05, 4.69) is 10.3 Å². The predicted octanol–water partition coefficient (Wildman–Crippen LogP) is 4.16. The highest BCUT2D eigenvalue weighted by Gasteiger charge is 2.30. The highest BCUT2D eigenvalue weighted by atomic mass is 16.2. The quantitative estimate of drug-likeness (QED) is 0.781. The summed E-state index contributed by atoms with van der Waals surface area (Å²) in [6.45, 7) is 3.32. The van der Waals surface area contributed by atoms with Crippen molar-refractivity contribution in [3.63, 3.8) is 0 Å². The minimum absolute atomic E-state index is 0.0525. The molecule has 4 rings (SSSR count). The van der Waals surface area contributed by atoms with Crippen LogP contribution in [-0.2, 0) is 13.1 Å². The van der Waals surface area contributed by atoms with Crippen LogP contribution < -0.4 is 10.2 Å². The van der Waals surface area contributed by atoms with Crippen molar-refractivity contribution in [2.45, 2.75) is 20.0 Å². The van der Waals surface area contributed by atoms with Crippen LogP contribution in [0.4, 0.5) is 11.4 Å². The summed E-state index contributed by atoms with van der Waals surface area (Å²) in [5.41, 5.74) is 5.98. The van der Waals surface area contributed by atoms with E-state index in [1.807, 2.05) is 66.4 Å². The third kappa shape index (κ3) is 2.98. The molecule has 2 aromatic carbocycles. The zero-order valence-corrected chi connectivity index (χ0v) is 14.1. The number of aromatic nitrogens is 1. The molecule has 4 heteroatoms. The molecule has 25 heavy (non-hydrogen) atoms. The highest BCUT2D eigenvalue weighted by Crippen LogP contribution is 2.33. The van der Waals surface area contributed by atoms with Crippen molar-refractivity contribution in [1.82, 2.24) is 4.98 Å². The Bertz CT molecular complexity index is 904. The zero-order chi connectivity index (χ0) is 17.2. The molecule has 1 aliphatic rings. The first-order valence-electron chi connectivity index (χ1n) is 8.35. The highest BCUT2D eigenvalue weighted by molar-refractivity contribution is 6.13. The summed E-state index contributed by atoms with van der Waals surface area (Å²) < 4.78 is 0. The molecule has 0 aliphatic carbocycles. The third-order valence-corrected chi connectivity index (χ3v) is 4.52. The van der Waals surface area contributed by atoms with Crippen LogP contribution in [0, 0.1) is 6.92 Å². The maximum absolute atomic E-state index is 13.0. The van der Waals surface area contributed by atoms with Crippen molar-refractivity contribution in [3.05, 3.63) is 89.2 Å². The van der Waals surface area contributed by atoms with Crippen LogP contribution in [0.25, 0.3) is 0 Å². The van der Waals surface area contributed by atoms with E-state index >= 15 is 0 Å². The fourth-order valence-electron chi connectivity index (χ4n) is 3.14. The number of hydrogen-bond acceptors (Lipinski definition) is 3. The summed E-state index contributed by atoms with van der Waals surface area (Å²) in [6.07, 6.45) is 3.55. The second kappa shape index (κ2) is 6.40. The number of rotatable bonds is 4. The Balaban J connectivity index is 1.60. The topological polar surface area (TPSA) is 45.2 Å². The minimum atomic E-state index is 0.0525. The summed E-state index contributed by atoms with van der Waals surface area (Å²) in [5.74, 6) is 0.0525. The molecule has 124 valence electrons. The second-order valence-electron chi connectivity index (χ2n) is 6.28. The molecular weight excluding hydrogens is 310 g/mol. The Morgan fingerprint density at radius 3 is 2.56 bits per heavy atom. The molecule has 0 spiro atoms. The first-order chi connectivity index (χ1) is 12.2. The number of amides is 1. The van der Waals surface area contributed by atoms with Gasteiger partial charge in [0.25, 0.3) is 5.91 Å². The normalized spacial score (nSPS) is 13.0. The van der Waals surface area contributed by atoms with E-state index < -0.39 is 0 Å². The van der Waals surface area contributed by atoms with Crippen LogP contribution >= 0.6 is 0 Å². The number of carbonyl (C=O) groups excluding carboxylic acids is 1. The summed E-state index contributed by atoms with van der Waals surface area (Å²) >= 11 is 0. The van der Waals surface area contributed by atoms with Crippen molar-refractivity contribution in [2.75, 3.05) is 10.2 Å². The average molecular weight is 329 g/mol. The van der Waals surface area contributed by atoms with Crippen molar-refractivity contribution in [1.29, 1.82) is 0 Å². The molecule has 0 radical (unpaired) electrons. The summed E-state index contributed by atoms with van der Waals surface area (Å²) in [5, 5.41) is 3.40. The summed E-state index contributed by atoms with van der Waals surface area (Å²) in [7, 11) is 0. The molecule has 0 atom stereocenters. The Morgan fingerprint density at radius 2 is 1.80 bits per heavy atom. The molecule has 0 fully saturated rings. The summed E-state index contributed by atoms with van der Waals surface area (Å²) in [6, 6.07) is 18.0. The second-order valence-corrected chi connectivity index (χ2v) is 6.28. The number of hydrogen-bond donors (Lipinski definition) is 1. The number of benzene rings is 2. The van der Waals surface area contributed by atoms with Crippen LogP contribution in [0.5, 0.6) is 0 Å². The van der Waals surface area contributed by atoms with Gasteiger partial charge in [-0.3, -0.25) is 9.78 Å². The number of carbonyl (C=O) groups is 1. The maximum atomic E-state index is 13.0. The van der Waals surface area contributed by atoms with Crippen molar-refractivity contribution < 1.29 is 4.79 Å². The lowest BCUT2D eigenvalue weighted by Crippen LogP contribution is -2.23.